The lowest BCUT2D eigenvalue weighted by Gasteiger charge is -2.26. The van der Waals surface area contributed by atoms with Gasteiger partial charge in [-0.05, 0) is 31.6 Å². The molecule has 0 aromatic carbocycles. The number of rotatable bonds is 5. The highest BCUT2D eigenvalue weighted by Crippen LogP contribution is 2.31. The Morgan fingerprint density at radius 3 is 2.35 bits per heavy atom. The second kappa shape index (κ2) is 6.35. The summed E-state index contributed by atoms with van der Waals surface area (Å²) in [5.41, 5.74) is 0. The second-order valence-electron chi connectivity index (χ2n) is 4.58. The van der Waals surface area contributed by atoms with E-state index in [2.05, 4.69) is 6.92 Å². The summed E-state index contributed by atoms with van der Waals surface area (Å²) in [7, 11) is -4.04. The normalized spacial score (nSPS) is 25.5. The predicted molar refractivity (Wildman–Crippen MR) is 63.1 cm³/mol. The van der Waals surface area contributed by atoms with E-state index in [1.54, 1.807) is 0 Å². The molecule has 0 radical (unpaired) electrons. The van der Waals surface area contributed by atoms with Gasteiger partial charge in [0.05, 0.1) is 5.92 Å². The minimum absolute atomic E-state index is 0.0980. The van der Waals surface area contributed by atoms with E-state index in [4.69, 9.17) is 9.29 Å². The van der Waals surface area contributed by atoms with Gasteiger partial charge in [0.15, 0.2) is 0 Å². The standard InChI is InChI=1S/C11H20O5S/c1-2-9-3-5-10(6-4-9)11(12)16-7-8-17(13,14)15/h9-10H,2-8H2,1H3,(H,13,14,15). The van der Waals surface area contributed by atoms with Gasteiger partial charge in [0.2, 0.25) is 0 Å². The molecule has 0 aromatic rings. The maximum atomic E-state index is 11.6. The van der Waals surface area contributed by atoms with Crippen molar-refractivity contribution in [3.05, 3.63) is 0 Å². The maximum absolute atomic E-state index is 11.6. The zero-order valence-corrected chi connectivity index (χ0v) is 10.9. The number of hydrogen-bond donors (Lipinski definition) is 1. The first kappa shape index (κ1) is 14.4. The second-order valence-corrected chi connectivity index (χ2v) is 6.15. The third kappa shape index (κ3) is 5.50. The summed E-state index contributed by atoms with van der Waals surface area (Å²) in [6, 6.07) is 0. The lowest BCUT2D eigenvalue weighted by molar-refractivity contribution is -0.149. The van der Waals surface area contributed by atoms with Gasteiger partial charge in [0.1, 0.15) is 12.4 Å². The van der Waals surface area contributed by atoms with E-state index in [1.165, 1.54) is 0 Å². The van der Waals surface area contributed by atoms with Gasteiger partial charge in [-0.25, -0.2) is 0 Å². The van der Waals surface area contributed by atoms with E-state index in [-0.39, 0.29) is 18.5 Å². The van der Waals surface area contributed by atoms with E-state index in [0.29, 0.717) is 5.92 Å². The van der Waals surface area contributed by atoms with Crippen LogP contribution in [0.4, 0.5) is 0 Å². The van der Waals surface area contributed by atoms with Gasteiger partial charge >= 0.3 is 5.97 Å². The summed E-state index contributed by atoms with van der Waals surface area (Å²) < 4.78 is 34.2. The van der Waals surface area contributed by atoms with Crippen LogP contribution in [0, 0.1) is 11.8 Å². The van der Waals surface area contributed by atoms with Crippen molar-refractivity contribution in [2.75, 3.05) is 12.4 Å². The Bertz CT molecular complexity index is 341. The van der Waals surface area contributed by atoms with Crippen molar-refractivity contribution in [2.24, 2.45) is 11.8 Å². The number of carbonyl (C=O) groups is 1. The summed E-state index contributed by atoms with van der Waals surface area (Å²) in [5, 5.41) is 0. The van der Waals surface area contributed by atoms with E-state index in [9.17, 15) is 13.2 Å². The van der Waals surface area contributed by atoms with Crippen LogP contribution < -0.4 is 0 Å². The Balaban J connectivity index is 2.25. The largest absolute Gasteiger partial charge is 0.464 e. The Kier molecular flexibility index (Phi) is 5.39. The number of esters is 1. The summed E-state index contributed by atoms with van der Waals surface area (Å²) in [6.45, 7) is 1.89. The van der Waals surface area contributed by atoms with Crippen molar-refractivity contribution in [2.45, 2.75) is 39.0 Å². The van der Waals surface area contributed by atoms with Gasteiger partial charge in [-0.2, -0.15) is 8.42 Å². The van der Waals surface area contributed by atoms with Crippen LogP contribution in [0.25, 0.3) is 0 Å². The van der Waals surface area contributed by atoms with Gasteiger partial charge in [0, 0.05) is 0 Å². The first-order valence-electron chi connectivity index (χ1n) is 6.04. The molecule has 0 bridgehead atoms. The molecule has 0 atom stereocenters. The molecular weight excluding hydrogens is 244 g/mol. The summed E-state index contributed by atoms with van der Waals surface area (Å²) >= 11 is 0. The van der Waals surface area contributed by atoms with Crippen molar-refractivity contribution in [1.29, 1.82) is 0 Å². The molecule has 6 heteroatoms. The Labute approximate surface area is 102 Å². The molecule has 1 aliphatic rings. The Morgan fingerprint density at radius 1 is 1.29 bits per heavy atom. The van der Waals surface area contributed by atoms with Gasteiger partial charge in [0.25, 0.3) is 10.1 Å². The molecule has 100 valence electrons. The molecule has 1 N–H and O–H groups in total. The lowest BCUT2D eigenvalue weighted by atomic mass is 9.81. The smallest absolute Gasteiger partial charge is 0.308 e. The van der Waals surface area contributed by atoms with Gasteiger partial charge in [-0.3, -0.25) is 9.35 Å². The van der Waals surface area contributed by atoms with Gasteiger partial charge < -0.3 is 4.74 Å². The molecule has 0 heterocycles. The quantitative estimate of drug-likeness (QED) is 0.603. The van der Waals surface area contributed by atoms with Crippen LogP contribution in [-0.4, -0.2) is 31.3 Å². The van der Waals surface area contributed by atoms with Crippen molar-refractivity contribution in [1.82, 2.24) is 0 Å². The highest BCUT2D eigenvalue weighted by atomic mass is 32.2. The summed E-state index contributed by atoms with van der Waals surface area (Å²) in [5.74, 6) is -0.248. The first-order chi connectivity index (χ1) is 7.92. The van der Waals surface area contributed by atoms with Crippen molar-refractivity contribution in [3.63, 3.8) is 0 Å². The minimum Gasteiger partial charge on any atom is -0.464 e. The molecular formula is C11H20O5S. The van der Waals surface area contributed by atoms with E-state index in [1.807, 2.05) is 0 Å². The fourth-order valence-electron chi connectivity index (χ4n) is 2.17. The topological polar surface area (TPSA) is 80.7 Å². The van der Waals surface area contributed by atoms with Crippen LogP contribution in [0.5, 0.6) is 0 Å². The highest BCUT2D eigenvalue weighted by Gasteiger charge is 2.26. The van der Waals surface area contributed by atoms with Crippen molar-refractivity contribution < 1.29 is 22.5 Å². The molecule has 17 heavy (non-hydrogen) atoms. The molecule has 0 amide bonds. The Morgan fingerprint density at radius 2 is 1.88 bits per heavy atom. The Hall–Kier alpha value is -0.620. The minimum atomic E-state index is -4.04. The monoisotopic (exact) mass is 264 g/mol. The molecule has 0 aromatic heterocycles. The molecule has 0 spiro atoms. The summed E-state index contributed by atoms with van der Waals surface area (Å²) in [6.07, 6.45) is 4.86. The SMILES string of the molecule is CCC1CCC(C(=O)OCCS(=O)(=O)O)CC1. The molecule has 1 saturated carbocycles. The fraction of sp³-hybridized carbons (Fsp3) is 0.909. The van der Waals surface area contributed by atoms with E-state index < -0.39 is 15.9 Å². The average Bonchev–Trinajstić information content (AvgIpc) is 2.27. The van der Waals surface area contributed by atoms with Crippen LogP contribution >= 0.6 is 0 Å². The summed E-state index contributed by atoms with van der Waals surface area (Å²) in [4.78, 5) is 11.6. The third-order valence-electron chi connectivity index (χ3n) is 3.34. The first-order valence-corrected chi connectivity index (χ1v) is 7.65. The molecule has 0 unspecified atom stereocenters. The molecule has 1 aliphatic carbocycles. The molecule has 5 nitrogen and oxygen atoms in total. The van der Waals surface area contributed by atoms with Crippen LogP contribution in [-0.2, 0) is 19.6 Å². The molecule has 0 aliphatic heterocycles. The highest BCUT2D eigenvalue weighted by molar-refractivity contribution is 7.85. The van der Waals surface area contributed by atoms with Crippen LogP contribution in [0.2, 0.25) is 0 Å². The maximum Gasteiger partial charge on any atom is 0.308 e. The van der Waals surface area contributed by atoms with E-state index in [0.717, 1.165) is 32.1 Å². The predicted octanol–water partition coefficient (Wildman–Crippen LogP) is 1.63. The van der Waals surface area contributed by atoms with Crippen LogP contribution in [0.3, 0.4) is 0 Å². The molecule has 0 saturated heterocycles. The third-order valence-corrected chi connectivity index (χ3v) is 4.03. The number of ether oxygens (including phenoxy) is 1. The van der Waals surface area contributed by atoms with E-state index >= 15 is 0 Å². The van der Waals surface area contributed by atoms with Gasteiger partial charge in [-0.1, -0.05) is 13.3 Å². The average molecular weight is 264 g/mol. The zero-order chi connectivity index (χ0) is 12.9. The molecule has 1 rings (SSSR count). The molecule has 1 fully saturated rings. The van der Waals surface area contributed by atoms with Crippen molar-refractivity contribution >= 4 is 16.1 Å². The number of hydrogen-bond acceptors (Lipinski definition) is 4. The lowest BCUT2D eigenvalue weighted by Crippen LogP contribution is -2.25. The number of carbonyl (C=O) groups excluding carboxylic acids is 1. The van der Waals surface area contributed by atoms with Gasteiger partial charge in [-0.15, -0.1) is 0 Å². The zero-order valence-electron chi connectivity index (χ0n) is 10.1. The van der Waals surface area contributed by atoms with Crippen LogP contribution in [0.1, 0.15) is 39.0 Å². The fourth-order valence-corrected chi connectivity index (χ4v) is 2.47. The van der Waals surface area contributed by atoms with Crippen molar-refractivity contribution in [3.8, 4) is 0 Å². The van der Waals surface area contributed by atoms with Crippen LogP contribution in [0.15, 0.2) is 0 Å².